The van der Waals surface area contributed by atoms with E-state index in [-0.39, 0.29) is 5.56 Å². The molecule has 0 fully saturated rings. The van der Waals surface area contributed by atoms with Crippen LogP contribution in [0.1, 0.15) is 17.2 Å². The van der Waals surface area contributed by atoms with Crippen molar-refractivity contribution in [3.8, 4) is 0 Å². The maximum Gasteiger partial charge on any atom is 0.330 e. The molecule has 2 rings (SSSR count). The van der Waals surface area contributed by atoms with Gasteiger partial charge in [-0.3, -0.25) is 0 Å². The summed E-state index contributed by atoms with van der Waals surface area (Å²) in [5, 5.41) is 12.5. The van der Waals surface area contributed by atoms with Gasteiger partial charge >= 0.3 is 5.97 Å². The molecule has 0 aliphatic heterocycles. The number of aliphatic carboxylic acids is 1. The monoisotopic (exact) mass is 293 g/mol. The van der Waals surface area contributed by atoms with Gasteiger partial charge in [-0.2, -0.15) is 0 Å². The highest BCUT2D eigenvalue weighted by molar-refractivity contribution is 6.33. The summed E-state index contributed by atoms with van der Waals surface area (Å²) in [4.78, 5) is 11.4. The first kappa shape index (κ1) is 14.3. The van der Waals surface area contributed by atoms with Crippen LogP contribution in [0.4, 0.5) is 10.1 Å². The summed E-state index contributed by atoms with van der Waals surface area (Å²) in [5.41, 5.74) is 1.31. The van der Waals surface area contributed by atoms with Crippen molar-refractivity contribution in [3.05, 3.63) is 64.4 Å². The molecule has 1 atom stereocenters. The Balaban J connectivity index is 2.40. The molecular weight excluding hydrogens is 281 g/mol. The van der Waals surface area contributed by atoms with E-state index in [4.69, 9.17) is 11.6 Å². The average molecular weight is 294 g/mol. The molecule has 20 heavy (non-hydrogen) atoms. The number of nitrogens with one attached hydrogen (secondary N) is 1. The molecule has 0 saturated heterocycles. The number of hydrogen-bond acceptors (Lipinski definition) is 2. The fourth-order valence-corrected chi connectivity index (χ4v) is 2.08. The zero-order valence-electron chi connectivity index (χ0n) is 10.7. The van der Waals surface area contributed by atoms with Gasteiger partial charge in [-0.05, 0) is 25.1 Å². The van der Waals surface area contributed by atoms with Crippen molar-refractivity contribution >= 4 is 23.3 Å². The van der Waals surface area contributed by atoms with Crippen LogP contribution in [-0.4, -0.2) is 11.1 Å². The van der Waals surface area contributed by atoms with Crippen molar-refractivity contribution in [3.63, 3.8) is 0 Å². The van der Waals surface area contributed by atoms with E-state index >= 15 is 0 Å². The van der Waals surface area contributed by atoms with Crippen molar-refractivity contribution in [1.82, 2.24) is 0 Å². The topological polar surface area (TPSA) is 49.3 Å². The Morgan fingerprint density at radius 1 is 1.30 bits per heavy atom. The second kappa shape index (κ2) is 5.92. The second-order valence-electron chi connectivity index (χ2n) is 4.42. The summed E-state index contributed by atoms with van der Waals surface area (Å²) in [6.45, 7) is 1.78. The Kier molecular flexibility index (Phi) is 4.25. The van der Waals surface area contributed by atoms with Gasteiger partial charge in [0, 0.05) is 5.56 Å². The molecule has 0 heterocycles. The third kappa shape index (κ3) is 3.08. The van der Waals surface area contributed by atoms with E-state index in [0.29, 0.717) is 10.7 Å². The highest BCUT2D eigenvalue weighted by atomic mass is 35.5. The number of hydrogen-bond donors (Lipinski definition) is 2. The Labute approximate surface area is 121 Å². The number of halogens is 2. The van der Waals surface area contributed by atoms with E-state index in [1.807, 2.05) is 0 Å². The lowest BCUT2D eigenvalue weighted by Gasteiger charge is -2.18. The maximum atomic E-state index is 13.8. The predicted molar refractivity (Wildman–Crippen MR) is 76.6 cm³/mol. The van der Waals surface area contributed by atoms with Crippen LogP contribution >= 0.6 is 11.6 Å². The number of carboxylic acid groups (broad SMARTS) is 1. The first-order valence-corrected chi connectivity index (χ1v) is 6.37. The van der Waals surface area contributed by atoms with Crippen LogP contribution in [-0.2, 0) is 4.79 Å². The van der Waals surface area contributed by atoms with Gasteiger partial charge in [-0.25, -0.2) is 9.18 Å². The van der Waals surface area contributed by atoms with Gasteiger partial charge in [0.05, 0.1) is 10.7 Å². The van der Waals surface area contributed by atoms with Crippen molar-refractivity contribution in [2.45, 2.75) is 13.0 Å². The number of aryl methyl sites for hydroxylation is 1. The van der Waals surface area contributed by atoms with E-state index in [1.165, 1.54) is 12.1 Å². The van der Waals surface area contributed by atoms with Crippen LogP contribution in [0.25, 0.3) is 0 Å². The van der Waals surface area contributed by atoms with Crippen LogP contribution in [0.2, 0.25) is 5.02 Å². The van der Waals surface area contributed by atoms with Gasteiger partial charge in [0.15, 0.2) is 6.04 Å². The number of anilines is 1. The summed E-state index contributed by atoms with van der Waals surface area (Å²) in [6.07, 6.45) is 0. The SMILES string of the molecule is Cc1ccc(F)c(C(Nc2ccccc2Cl)C(=O)O)c1. The minimum Gasteiger partial charge on any atom is -0.479 e. The van der Waals surface area contributed by atoms with E-state index in [1.54, 1.807) is 37.3 Å². The second-order valence-corrected chi connectivity index (χ2v) is 4.83. The van der Waals surface area contributed by atoms with E-state index in [9.17, 15) is 14.3 Å². The third-order valence-corrected chi connectivity index (χ3v) is 3.21. The summed E-state index contributed by atoms with van der Waals surface area (Å²) in [6, 6.07) is 9.90. The smallest absolute Gasteiger partial charge is 0.330 e. The van der Waals surface area contributed by atoms with Crippen molar-refractivity contribution in [1.29, 1.82) is 0 Å². The Bertz CT molecular complexity index is 646. The van der Waals surface area contributed by atoms with Gasteiger partial charge in [0.1, 0.15) is 5.82 Å². The molecule has 1 unspecified atom stereocenters. The first-order chi connectivity index (χ1) is 9.49. The van der Waals surface area contributed by atoms with Gasteiger partial charge in [0.2, 0.25) is 0 Å². The Morgan fingerprint density at radius 2 is 2.00 bits per heavy atom. The third-order valence-electron chi connectivity index (χ3n) is 2.88. The summed E-state index contributed by atoms with van der Waals surface area (Å²) < 4.78 is 13.8. The fourth-order valence-electron chi connectivity index (χ4n) is 1.89. The van der Waals surface area contributed by atoms with Crippen LogP contribution in [0.3, 0.4) is 0 Å². The Hall–Kier alpha value is -2.07. The normalized spacial score (nSPS) is 11.9. The Morgan fingerprint density at radius 3 is 2.65 bits per heavy atom. The predicted octanol–water partition coefficient (Wildman–Crippen LogP) is 4.03. The molecule has 0 radical (unpaired) electrons. The maximum absolute atomic E-state index is 13.8. The number of carboxylic acids is 1. The molecule has 0 amide bonds. The quantitative estimate of drug-likeness (QED) is 0.895. The molecule has 0 aliphatic rings. The number of rotatable bonds is 4. The average Bonchev–Trinajstić information content (AvgIpc) is 2.40. The molecule has 2 N–H and O–H groups in total. The van der Waals surface area contributed by atoms with Crippen molar-refractivity contribution < 1.29 is 14.3 Å². The minimum atomic E-state index is -1.20. The standard InChI is InChI=1S/C15H13ClFNO2/c1-9-6-7-12(17)10(8-9)14(15(19)20)18-13-5-3-2-4-11(13)16/h2-8,14,18H,1H3,(H,19,20). The lowest BCUT2D eigenvalue weighted by Crippen LogP contribution is -2.22. The van der Waals surface area contributed by atoms with Gasteiger partial charge in [0.25, 0.3) is 0 Å². The highest BCUT2D eigenvalue weighted by Crippen LogP contribution is 2.27. The molecule has 3 nitrogen and oxygen atoms in total. The summed E-state index contributed by atoms with van der Waals surface area (Å²) in [5.74, 6) is -1.74. The molecule has 0 saturated carbocycles. The van der Waals surface area contributed by atoms with E-state index in [2.05, 4.69) is 5.32 Å². The lowest BCUT2D eigenvalue weighted by molar-refractivity contribution is -0.138. The molecule has 5 heteroatoms. The van der Waals surface area contributed by atoms with Crippen LogP contribution in [0.15, 0.2) is 42.5 Å². The molecular formula is C15H13ClFNO2. The number of para-hydroxylation sites is 1. The zero-order chi connectivity index (χ0) is 14.7. The molecule has 2 aromatic rings. The molecule has 0 bridgehead atoms. The summed E-state index contributed by atoms with van der Waals surface area (Å²) >= 11 is 5.98. The van der Waals surface area contributed by atoms with Crippen LogP contribution in [0.5, 0.6) is 0 Å². The van der Waals surface area contributed by atoms with Gasteiger partial charge < -0.3 is 10.4 Å². The van der Waals surface area contributed by atoms with E-state index < -0.39 is 17.8 Å². The van der Waals surface area contributed by atoms with Gasteiger partial charge in [-0.15, -0.1) is 0 Å². The van der Waals surface area contributed by atoms with Crippen LogP contribution in [0, 0.1) is 12.7 Å². The lowest BCUT2D eigenvalue weighted by atomic mass is 10.0. The van der Waals surface area contributed by atoms with Gasteiger partial charge in [-0.1, -0.05) is 41.4 Å². The van der Waals surface area contributed by atoms with Crippen molar-refractivity contribution in [2.75, 3.05) is 5.32 Å². The fraction of sp³-hybridized carbons (Fsp3) is 0.133. The zero-order valence-corrected chi connectivity index (χ0v) is 11.5. The number of carbonyl (C=O) groups is 1. The molecule has 2 aromatic carbocycles. The van der Waals surface area contributed by atoms with E-state index in [0.717, 1.165) is 5.56 Å². The molecule has 0 aromatic heterocycles. The first-order valence-electron chi connectivity index (χ1n) is 5.99. The highest BCUT2D eigenvalue weighted by Gasteiger charge is 2.23. The van der Waals surface area contributed by atoms with Crippen molar-refractivity contribution in [2.24, 2.45) is 0 Å². The largest absolute Gasteiger partial charge is 0.479 e. The minimum absolute atomic E-state index is 0.0809. The molecule has 104 valence electrons. The summed E-state index contributed by atoms with van der Waals surface area (Å²) in [7, 11) is 0. The molecule has 0 spiro atoms. The number of benzene rings is 2. The van der Waals surface area contributed by atoms with Crippen LogP contribution < -0.4 is 5.32 Å². The molecule has 0 aliphatic carbocycles.